The lowest BCUT2D eigenvalue weighted by molar-refractivity contribution is 0.0371. The fourth-order valence-electron chi connectivity index (χ4n) is 0.430. The van der Waals surface area contributed by atoms with Crippen LogP contribution in [-0.4, -0.2) is 18.7 Å². The van der Waals surface area contributed by atoms with Crippen LogP contribution in [0.15, 0.2) is 0 Å². The summed E-state index contributed by atoms with van der Waals surface area (Å²) in [6.07, 6.45) is 3.08. The molecule has 50 valence electrons. The highest BCUT2D eigenvalue weighted by Gasteiger charge is 1.99. The Labute approximate surface area is 54.9 Å². The molecule has 0 bridgehead atoms. The van der Waals surface area contributed by atoms with Crippen molar-refractivity contribution in [3.8, 4) is 0 Å². The number of hydroxylamine groups is 1. The van der Waals surface area contributed by atoms with E-state index in [1.165, 1.54) is 0 Å². The van der Waals surface area contributed by atoms with Gasteiger partial charge in [-0.05, 0) is 12.7 Å². The number of hydrogen-bond donors (Lipinski definition) is 1. The van der Waals surface area contributed by atoms with E-state index in [-0.39, 0.29) is 0 Å². The van der Waals surface area contributed by atoms with E-state index in [4.69, 9.17) is 4.84 Å². The quantitative estimate of drug-likeness (QED) is 0.463. The topological polar surface area (TPSA) is 21.3 Å². The maximum atomic E-state index is 5.05. The van der Waals surface area contributed by atoms with Crippen molar-refractivity contribution in [2.24, 2.45) is 0 Å². The van der Waals surface area contributed by atoms with Crippen molar-refractivity contribution in [2.75, 3.05) is 13.3 Å². The van der Waals surface area contributed by atoms with Gasteiger partial charge in [0.25, 0.3) is 0 Å². The summed E-state index contributed by atoms with van der Waals surface area (Å²) in [4.78, 5) is 5.05. The average molecular weight is 135 g/mol. The number of rotatable bonds is 4. The molecular weight excluding hydrogens is 122 g/mol. The first-order chi connectivity index (χ1) is 3.85. The summed E-state index contributed by atoms with van der Waals surface area (Å²) < 4.78 is 0. The molecule has 0 aromatic heterocycles. The summed E-state index contributed by atoms with van der Waals surface area (Å²) >= 11 is 1.71. The zero-order valence-electron chi connectivity index (χ0n) is 5.60. The number of nitrogens with one attached hydrogen (secondary N) is 1. The Hall–Kier alpha value is 0.270. The molecule has 0 aromatic carbocycles. The molecule has 0 rings (SSSR count). The molecule has 8 heavy (non-hydrogen) atoms. The maximum Gasteiger partial charge on any atom is 0.124 e. The summed E-state index contributed by atoms with van der Waals surface area (Å²) in [6, 6.07) is 0. The molecule has 0 heterocycles. The van der Waals surface area contributed by atoms with Crippen LogP contribution in [-0.2, 0) is 4.84 Å². The summed E-state index contributed by atoms with van der Waals surface area (Å²) in [5.74, 6) is 0. The van der Waals surface area contributed by atoms with Crippen molar-refractivity contribution in [1.82, 2.24) is 5.48 Å². The van der Waals surface area contributed by atoms with Gasteiger partial charge in [0.2, 0.25) is 0 Å². The molecule has 1 unspecified atom stereocenters. The van der Waals surface area contributed by atoms with Crippen LogP contribution in [0.3, 0.4) is 0 Å². The largest absolute Gasteiger partial charge is 0.288 e. The van der Waals surface area contributed by atoms with Crippen molar-refractivity contribution in [3.63, 3.8) is 0 Å². The van der Waals surface area contributed by atoms with Gasteiger partial charge in [0.15, 0.2) is 0 Å². The monoisotopic (exact) mass is 135 g/mol. The Kier molecular flexibility index (Phi) is 5.59. The summed E-state index contributed by atoms with van der Waals surface area (Å²) in [5.41, 5.74) is 2.95. The van der Waals surface area contributed by atoms with Gasteiger partial charge in [-0.2, -0.15) is 0 Å². The summed E-state index contributed by atoms with van der Waals surface area (Å²) in [6.45, 7) is 2.10. The highest BCUT2D eigenvalue weighted by atomic mass is 32.2. The molecule has 0 radical (unpaired) electrons. The van der Waals surface area contributed by atoms with Crippen LogP contribution in [0.1, 0.15) is 13.3 Å². The summed E-state index contributed by atoms with van der Waals surface area (Å²) in [7, 11) is 1.78. The minimum atomic E-state index is 0.306. The lowest BCUT2D eigenvalue weighted by Crippen LogP contribution is -2.16. The zero-order valence-corrected chi connectivity index (χ0v) is 6.42. The third-order valence-electron chi connectivity index (χ3n) is 0.846. The molecule has 0 fully saturated rings. The second-order valence-corrected chi connectivity index (χ2v) is 2.39. The Morgan fingerprint density at radius 2 is 2.38 bits per heavy atom. The van der Waals surface area contributed by atoms with Crippen molar-refractivity contribution < 1.29 is 4.84 Å². The van der Waals surface area contributed by atoms with Gasteiger partial charge < -0.3 is 0 Å². The SMILES string of the molecule is CCC(ONC)SC. The van der Waals surface area contributed by atoms with Gasteiger partial charge in [0.1, 0.15) is 5.44 Å². The summed E-state index contributed by atoms with van der Waals surface area (Å²) in [5, 5.41) is 0. The Balaban J connectivity index is 3.07. The van der Waals surface area contributed by atoms with E-state index in [9.17, 15) is 0 Å². The lowest BCUT2D eigenvalue weighted by Gasteiger charge is -2.09. The van der Waals surface area contributed by atoms with Crippen LogP contribution in [0.5, 0.6) is 0 Å². The van der Waals surface area contributed by atoms with Gasteiger partial charge in [-0.1, -0.05) is 6.92 Å². The minimum absolute atomic E-state index is 0.306. The molecule has 2 nitrogen and oxygen atoms in total. The average Bonchev–Trinajstić information content (AvgIpc) is 1.83. The standard InChI is InChI=1S/C5H13NOS/c1-4-5(8-3)7-6-2/h5-6H,4H2,1-3H3. The second kappa shape index (κ2) is 5.41. The molecule has 0 aromatic rings. The van der Waals surface area contributed by atoms with E-state index in [2.05, 4.69) is 12.4 Å². The van der Waals surface area contributed by atoms with E-state index in [1.807, 2.05) is 6.26 Å². The minimum Gasteiger partial charge on any atom is -0.288 e. The molecular formula is C5H13NOS. The van der Waals surface area contributed by atoms with Gasteiger partial charge in [-0.15, -0.1) is 11.8 Å². The first kappa shape index (κ1) is 8.27. The molecule has 0 aliphatic rings. The van der Waals surface area contributed by atoms with Crippen LogP contribution in [0.25, 0.3) is 0 Å². The van der Waals surface area contributed by atoms with E-state index >= 15 is 0 Å². The highest BCUT2D eigenvalue weighted by molar-refractivity contribution is 7.99. The smallest absolute Gasteiger partial charge is 0.124 e. The van der Waals surface area contributed by atoms with E-state index in [1.54, 1.807) is 18.8 Å². The molecule has 0 amide bonds. The molecule has 0 spiro atoms. The van der Waals surface area contributed by atoms with E-state index in [0.29, 0.717) is 5.44 Å². The second-order valence-electron chi connectivity index (χ2n) is 1.40. The number of thioether (sulfide) groups is 1. The van der Waals surface area contributed by atoms with Crippen molar-refractivity contribution >= 4 is 11.8 Å². The Bertz CT molecular complexity index is 47.7. The van der Waals surface area contributed by atoms with Crippen LogP contribution >= 0.6 is 11.8 Å². The molecule has 3 heteroatoms. The van der Waals surface area contributed by atoms with E-state index < -0.39 is 0 Å². The van der Waals surface area contributed by atoms with Crippen LogP contribution in [0, 0.1) is 0 Å². The maximum absolute atomic E-state index is 5.05. The Morgan fingerprint density at radius 3 is 2.50 bits per heavy atom. The predicted molar refractivity (Wildman–Crippen MR) is 37.7 cm³/mol. The molecule has 0 saturated carbocycles. The molecule has 0 saturated heterocycles. The number of hydrogen-bond acceptors (Lipinski definition) is 3. The third kappa shape index (κ3) is 3.29. The van der Waals surface area contributed by atoms with Gasteiger partial charge in [0.05, 0.1) is 0 Å². The highest BCUT2D eigenvalue weighted by Crippen LogP contribution is 2.08. The van der Waals surface area contributed by atoms with Crippen molar-refractivity contribution in [2.45, 2.75) is 18.8 Å². The van der Waals surface area contributed by atoms with Gasteiger partial charge >= 0.3 is 0 Å². The first-order valence-corrected chi connectivity index (χ1v) is 3.99. The third-order valence-corrected chi connectivity index (χ3v) is 1.80. The van der Waals surface area contributed by atoms with Gasteiger partial charge in [0, 0.05) is 7.05 Å². The van der Waals surface area contributed by atoms with Gasteiger partial charge in [-0.3, -0.25) is 4.84 Å². The first-order valence-electron chi connectivity index (χ1n) is 2.70. The fourth-order valence-corrected chi connectivity index (χ4v) is 0.955. The predicted octanol–water partition coefficient (Wildman–Crippen LogP) is 1.24. The fraction of sp³-hybridized carbons (Fsp3) is 1.00. The normalized spacial score (nSPS) is 13.9. The zero-order chi connectivity index (χ0) is 6.41. The van der Waals surface area contributed by atoms with Crippen molar-refractivity contribution in [1.29, 1.82) is 0 Å². The molecule has 1 N–H and O–H groups in total. The van der Waals surface area contributed by atoms with Crippen LogP contribution in [0.4, 0.5) is 0 Å². The molecule has 0 aliphatic heterocycles. The van der Waals surface area contributed by atoms with Crippen LogP contribution < -0.4 is 5.48 Å². The van der Waals surface area contributed by atoms with Gasteiger partial charge in [-0.25, -0.2) is 5.48 Å². The Morgan fingerprint density at radius 1 is 1.75 bits per heavy atom. The van der Waals surface area contributed by atoms with Crippen molar-refractivity contribution in [3.05, 3.63) is 0 Å². The molecule has 0 aliphatic carbocycles. The van der Waals surface area contributed by atoms with E-state index in [0.717, 1.165) is 6.42 Å². The lowest BCUT2D eigenvalue weighted by atomic mass is 10.5. The molecule has 1 atom stereocenters. The van der Waals surface area contributed by atoms with Crippen LogP contribution in [0.2, 0.25) is 0 Å².